The van der Waals surface area contributed by atoms with Gasteiger partial charge in [0.1, 0.15) is 0 Å². The molecule has 0 aliphatic carbocycles. The van der Waals surface area contributed by atoms with Crippen LogP contribution in [-0.2, 0) is 21.5 Å². The predicted molar refractivity (Wildman–Crippen MR) is 78.7 cm³/mol. The number of hydrogen-bond donors (Lipinski definition) is 1. The number of carboxylic acid groups (broad SMARTS) is 1. The molecule has 0 bridgehead atoms. The van der Waals surface area contributed by atoms with Crippen LogP contribution >= 0.6 is 0 Å². The molecule has 1 aromatic carbocycles. The van der Waals surface area contributed by atoms with Crippen LogP contribution in [0.3, 0.4) is 0 Å². The third kappa shape index (κ3) is 3.25. The largest absolute Gasteiger partial charge is 0.481 e. The normalized spacial score (nSPS) is 23.6. The van der Waals surface area contributed by atoms with Crippen molar-refractivity contribution >= 4 is 16.2 Å². The molecule has 1 N–H and O–H groups in total. The molecule has 6 nitrogen and oxygen atoms in total. The van der Waals surface area contributed by atoms with Gasteiger partial charge < -0.3 is 5.11 Å². The predicted octanol–water partition coefficient (Wildman–Crippen LogP) is 1.16. The smallest absolute Gasteiger partial charge is 0.308 e. The molecule has 1 fully saturated rings. The summed E-state index contributed by atoms with van der Waals surface area (Å²) >= 11 is 0. The van der Waals surface area contributed by atoms with Crippen molar-refractivity contribution in [3.05, 3.63) is 35.9 Å². The van der Waals surface area contributed by atoms with Gasteiger partial charge in [-0.05, 0) is 18.9 Å². The summed E-state index contributed by atoms with van der Waals surface area (Å²) in [6.45, 7) is 2.17. The van der Waals surface area contributed by atoms with E-state index in [4.69, 9.17) is 5.11 Å². The molecule has 1 saturated heterocycles. The number of hydrogen-bond acceptors (Lipinski definition) is 3. The highest BCUT2D eigenvalue weighted by atomic mass is 32.2. The molecule has 2 rings (SSSR count). The van der Waals surface area contributed by atoms with E-state index in [2.05, 4.69) is 0 Å². The Hall–Kier alpha value is -1.44. The molecule has 2 unspecified atom stereocenters. The molecular formula is C14H20N2O4S. The van der Waals surface area contributed by atoms with Crippen LogP contribution in [0.25, 0.3) is 0 Å². The van der Waals surface area contributed by atoms with Crippen LogP contribution in [0.2, 0.25) is 0 Å². The summed E-state index contributed by atoms with van der Waals surface area (Å²) in [6, 6.07) is 8.78. The first kappa shape index (κ1) is 15.9. The van der Waals surface area contributed by atoms with E-state index >= 15 is 0 Å². The highest BCUT2D eigenvalue weighted by Crippen LogP contribution is 2.28. The van der Waals surface area contributed by atoms with Crippen LogP contribution in [0.1, 0.15) is 18.9 Å². The van der Waals surface area contributed by atoms with Gasteiger partial charge in [-0.2, -0.15) is 17.0 Å². The molecule has 2 atom stereocenters. The van der Waals surface area contributed by atoms with Gasteiger partial charge in [0.25, 0.3) is 10.2 Å². The van der Waals surface area contributed by atoms with Crippen molar-refractivity contribution in [2.75, 3.05) is 13.6 Å². The lowest BCUT2D eigenvalue weighted by molar-refractivity contribution is -0.142. The molecular weight excluding hydrogens is 292 g/mol. The number of nitrogens with zero attached hydrogens (tertiary/aromatic N) is 2. The monoisotopic (exact) mass is 312 g/mol. The Bertz CT molecular complexity index is 603. The Morgan fingerprint density at radius 2 is 2.00 bits per heavy atom. The van der Waals surface area contributed by atoms with E-state index in [-0.39, 0.29) is 13.1 Å². The average Bonchev–Trinajstić information content (AvgIpc) is 2.82. The molecule has 0 spiro atoms. The van der Waals surface area contributed by atoms with E-state index < -0.39 is 28.1 Å². The molecule has 116 valence electrons. The van der Waals surface area contributed by atoms with Crippen molar-refractivity contribution in [2.24, 2.45) is 5.92 Å². The summed E-state index contributed by atoms with van der Waals surface area (Å²) < 4.78 is 27.7. The zero-order chi connectivity index (χ0) is 15.6. The second-order valence-corrected chi connectivity index (χ2v) is 7.32. The minimum Gasteiger partial charge on any atom is -0.481 e. The molecule has 1 aliphatic heterocycles. The van der Waals surface area contributed by atoms with Gasteiger partial charge >= 0.3 is 5.97 Å². The maximum Gasteiger partial charge on any atom is 0.308 e. The standard InChI is InChI=1S/C14H20N2O4S/c1-11-13(14(17)18)8-9-16(11)21(19,20)15(2)10-12-6-4-3-5-7-12/h3-7,11,13H,8-10H2,1-2H3,(H,17,18). The van der Waals surface area contributed by atoms with Gasteiger partial charge in [-0.3, -0.25) is 4.79 Å². The summed E-state index contributed by atoms with van der Waals surface area (Å²) in [5.41, 5.74) is 0.894. The first-order valence-electron chi connectivity index (χ1n) is 6.84. The van der Waals surface area contributed by atoms with Crippen molar-refractivity contribution < 1.29 is 18.3 Å². The van der Waals surface area contributed by atoms with Gasteiger partial charge in [0.15, 0.2) is 0 Å². The van der Waals surface area contributed by atoms with Crippen LogP contribution in [0.15, 0.2) is 30.3 Å². The van der Waals surface area contributed by atoms with Crippen molar-refractivity contribution in [1.29, 1.82) is 0 Å². The number of benzene rings is 1. The van der Waals surface area contributed by atoms with Gasteiger partial charge in [0.05, 0.1) is 5.92 Å². The second-order valence-electron chi connectivity index (χ2n) is 5.33. The molecule has 0 saturated carbocycles. The van der Waals surface area contributed by atoms with Gasteiger partial charge in [-0.1, -0.05) is 30.3 Å². The summed E-state index contributed by atoms with van der Waals surface area (Å²) in [6.07, 6.45) is 0.356. The summed E-state index contributed by atoms with van der Waals surface area (Å²) in [5, 5.41) is 9.11. The minimum atomic E-state index is -3.65. The molecule has 0 amide bonds. The van der Waals surface area contributed by atoms with E-state index in [0.29, 0.717) is 6.42 Å². The lowest BCUT2D eigenvalue weighted by atomic mass is 10.0. The maximum absolute atomic E-state index is 12.6. The zero-order valence-corrected chi connectivity index (χ0v) is 13.0. The lowest BCUT2D eigenvalue weighted by Crippen LogP contribution is -2.44. The van der Waals surface area contributed by atoms with Crippen molar-refractivity contribution in [3.63, 3.8) is 0 Å². The van der Waals surface area contributed by atoms with Gasteiger partial charge in [0, 0.05) is 26.2 Å². The maximum atomic E-state index is 12.6. The highest BCUT2D eigenvalue weighted by Gasteiger charge is 2.43. The molecule has 0 radical (unpaired) electrons. The Labute approximate surface area is 125 Å². The van der Waals surface area contributed by atoms with Crippen molar-refractivity contribution in [3.8, 4) is 0 Å². The van der Waals surface area contributed by atoms with Crippen LogP contribution in [0.4, 0.5) is 0 Å². The third-order valence-electron chi connectivity index (χ3n) is 3.95. The van der Waals surface area contributed by atoms with E-state index in [9.17, 15) is 13.2 Å². The minimum absolute atomic E-state index is 0.250. The van der Waals surface area contributed by atoms with E-state index in [1.165, 1.54) is 15.7 Å². The fourth-order valence-electron chi connectivity index (χ4n) is 2.67. The molecule has 7 heteroatoms. The summed E-state index contributed by atoms with van der Waals surface area (Å²) in [5.74, 6) is -1.57. The Kier molecular flexibility index (Phi) is 4.65. The molecule has 21 heavy (non-hydrogen) atoms. The SMILES string of the molecule is CC1C(C(=O)O)CCN1S(=O)(=O)N(C)Cc1ccccc1. The van der Waals surface area contributed by atoms with E-state index in [1.807, 2.05) is 30.3 Å². The van der Waals surface area contributed by atoms with Crippen LogP contribution in [0.5, 0.6) is 0 Å². The molecule has 1 heterocycles. The fraction of sp³-hybridized carbons (Fsp3) is 0.500. The van der Waals surface area contributed by atoms with Crippen molar-refractivity contribution in [2.45, 2.75) is 25.9 Å². The van der Waals surface area contributed by atoms with E-state index in [0.717, 1.165) is 5.56 Å². The Balaban J connectivity index is 2.13. The van der Waals surface area contributed by atoms with Crippen LogP contribution < -0.4 is 0 Å². The number of aliphatic carboxylic acids is 1. The average molecular weight is 312 g/mol. The Morgan fingerprint density at radius 1 is 1.38 bits per heavy atom. The third-order valence-corrected chi connectivity index (χ3v) is 5.98. The highest BCUT2D eigenvalue weighted by molar-refractivity contribution is 7.86. The first-order valence-corrected chi connectivity index (χ1v) is 8.23. The topological polar surface area (TPSA) is 77.9 Å². The number of carboxylic acids is 1. The van der Waals surface area contributed by atoms with Gasteiger partial charge in [-0.15, -0.1) is 0 Å². The first-order chi connectivity index (χ1) is 9.84. The quantitative estimate of drug-likeness (QED) is 0.885. The molecule has 1 aromatic rings. The van der Waals surface area contributed by atoms with Gasteiger partial charge in [-0.25, -0.2) is 0 Å². The van der Waals surface area contributed by atoms with Crippen molar-refractivity contribution in [1.82, 2.24) is 8.61 Å². The fourth-order valence-corrected chi connectivity index (χ4v) is 4.24. The Morgan fingerprint density at radius 3 is 2.52 bits per heavy atom. The van der Waals surface area contributed by atoms with Crippen LogP contribution in [-0.4, -0.2) is 47.7 Å². The van der Waals surface area contributed by atoms with Gasteiger partial charge in [0.2, 0.25) is 0 Å². The molecule has 1 aliphatic rings. The summed E-state index contributed by atoms with van der Waals surface area (Å²) in [4.78, 5) is 11.1. The van der Waals surface area contributed by atoms with Crippen LogP contribution in [0, 0.1) is 5.92 Å². The number of carbonyl (C=O) groups is 1. The zero-order valence-electron chi connectivity index (χ0n) is 12.1. The lowest BCUT2D eigenvalue weighted by Gasteiger charge is -2.28. The molecule has 0 aromatic heterocycles. The second kappa shape index (κ2) is 6.13. The summed E-state index contributed by atoms with van der Waals surface area (Å²) in [7, 11) is -2.13. The number of rotatable bonds is 5. The van der Waals surface area contributed by atoms with E-state index in [1.54, 1.807) is 6.92 Å².